The second kappa shape index (κ2) is 4.59. The predicted molar refractivity (Wildman–Crippen MR) is 54.0 cm³/mol. The Morgan fingerprint density at radius 1 is 1.58 bits per heavy atom. The Bertz CT molecular complexity index is 310. The van der Waals surface area contributed by atoms with Gasteiger partial charge in [-0.3, -0.25) is 9.18 Å². The molecule has 1 rings (SSSR count). The third-order valence-electron chi connectivity index (χ3n) is 1.51. The maximum atomic E-state index is 11.8. The van der Waals surface area contributed by atoms with Crippen LogP contribution in [-0.2, 0) is 6.54 Å². The van der Waals surface area contributed by atoms with Crippen LogP contribution in [-0.4, -0.2) is 11.2 Å². The molecule has 0 atom stereocenters. The van der Waals surface area contributed by atoms with Gasteiger partial charge in [0.15, 0.2) is 0 Å². The van der Waals surface area contributed by atoms with Gasteiger partial charge in [0.2, 0.25) is 0 Å². The molecule has 0 N–H and O–H groups in total. The number of pyridine rings is 1. The summed E-state index contributed by atoms with van der Waals surface area (Å²) >= 11 is 1.97. The average Bonchev–Trinajstić information content (AvgIpc) is 2.08. The first-order chi connectivity index (χ1) is 5.75. The predicted octanol–water partition coefficient (Wildman–Crippen LogP) is 1.81. The molecule has 12 heavy (non-hydrogen) atoms. The molecule has 0 unspecified atom stereocenters. The second-order valence-electron chi connectivity index (χ2n) is 2.40. The zero-order valence-corrected chi connectivity index (χ0v) is 8.62. The van der Waals surface area contributed by atoms with Gasteiger partial charge < -0.3 is 4.57 Å². The lowest BCUT2D eigenvalue weighted by Gasteiger charge is -2.02. The third kappa shape index (κ3) is 2.30. The van der Waals surface area contributed by atoms with E-state index in [1.165, 1.54) is 4.57 Å². The van der Waals surface area contributed by atoms with Crippen molar-refractivity contribution in [3.05, 3.63) is 32.3 Å². The van der Waals surface area contributed by atoms with Crippen molar-refractivity contribution in [3.63, 3.8) is 0 Å². The van der Waals surface area contributed by atoms with Crippen molar-refractivity contribution < 1.29 is 4.39 Å². The molecule has 1 heterocycles. The Morgan fingerprint density at radius 2 is 2.33 bits per heavy atom. The smallest absolute Gasteiger partial charge is 0.263 e. The number of halogens is 2. The summed E-state index contributed by atoms with van der Waals surface area (Å²) in [6, 6.07) is 3.54. The molecule has 4 heteroatoms. The zero-order valence-electron chi connectivity index (χ0n) is 6.46. The van der Waals surface area contributed by atoms with Crippen LogP contribution in [0.1, 0.15) is 6.42 Å². The Balaban J connectivity index is 2.85. The standard InChI is InChI=1S/C8H9FINO/c9-4-2-6-11-5-1-3-7(10)8(11)12/h1,3,5H,2,4,6H2. The summed E-state index contributed by atoms with van der Waals surface area (Å²) < 4.78 is 14.0. The Labute approximate surface area is 83.5 Å². The molecule has 0 spiro atoms. The number of nitrogens with zero attached hydrogens (tertiary/aromatic N) is 1. The van der Waals surface area contributed by atoms with Crippen LogP contribution in [0.4, 0.5) is 4.39 Å². The highest BCUT2D eigenvalue weighted by Crippen LogP contribution is 1.96. The molecule has 1 aromatic heterocycles. The van der Waals surface area contributed by atoms with E-state index in [-0.39, 0.29) is 12.2 Å². The van der Waals surface area contributed by atoms with Crippen molar-refractivity contribution in [1.82, 2.24) is 4.57 Å². The highest BCUT2D eigenvalue weighted by Gasteiger charge is 1.98. The topological polar surface area (TPSA) is 22.0 Å². The molecule has 0 fully saturated rings. The second-order valence-corrected chi connectivity index (χ2v) is 3.56. The van der Waals surface area contributed by atoms with Gasteiger partial charge in [-0.1, -0.05) is 0 Å². The monoisotopic (exact) mass is 281 g/mol. The average molecular weight is 281 g/mol. The highest BCUT2D eigenvalue weighted by atomic mass is 127. The van der Waals surface area contributed by atoms with Crippen LogP contribution in [0.3, 0.4) is 0 Å². The third-order valence-corrected chi connectivity index (χ3v) is 2.33. The summed E-state index contributed by atoms with van der Waals surface area (Å²) in [6.45, 7) is 0.0874. The molecular weight excluding hydrogens is 272 g/mol. The van der Waals surface area contributed by atoms with E-state index in [0.29, 0.717) is 16.5 Å². The van der Waals surface area contributed by atoms with E-state index in [1.54, 1.807) is 18.3 Å². The van der Waals surface area contributed by atoms with Gasteiger partial charge in [0.1, 0.15) is 0 Å². The van der Waals surface area contributed by atoms with Crippen LogP contribution in [0.15, 0.2) is 23.1 Å². The molecule has 0 saturated heterocycles. The Hall–Kier alpha value is -0.390. The molecule has 2 nitrogen and oxygen atoms in total. The van der Waals surface area contributed by atoms with Gasteiger partial charge in [-0.05, 0) is 41.1 Å². The number of aromatic nitrogens is 1. The lowest BCUT2D eigenvalue weighted by molar-refractivity contribution is 0.443. The molecule has 0 aliphatic rings. The zero-order chi connectivity index (χ0) is 8.97. The molecule has 0 bridgehead atoms. The van der Waals surface area contributed by atoms with Gasteiger partial charge in [0, 0.05) is 12.7 Å². The summed E-state index contributed by atoms with van der Waals surface area (Å²) in [7, 11) is 0. The van der Waals surface area contributed by atoms with E-state index < -0.39 is 0 Å². The molecule has 0 aliphatic heterocycles. The minimum atomic E-state index is -0.377. The summed E-state index contributed by atoms with van der Waals surface area (Å²) in [5.74, 6) is 0. The normalized spacial score (nSPS) is 10.2. The van der Waals surface area contributed by atoms with Gasteiger partial charge in [0.25, 0.3) is 5.56 Å². The van der Waals surface area contributed by atoms with E-state index in [0.717, 1.165) is 0 Å². The fourth-order valence-corrected chi connectivity index (χ4v) is 1.43. The number of alkyl halides is 1. The minimum Gasteiger partial charge on any atom is -0.315 e. The Morgan fingerprint density at radius 3 is 3.00 bits per heavy atom. The minimum absolute atomic E-state index is 0.0356. The first-order valence-electron chi connectivity index (χ1n) is 3.66. The van der Waals surface area contributed by atoms with Gasteiger partial charge in [-0.25, -0.2) is 0 Å². The maximum absolute atomic E-state index is 11.8. The molecular formula is C8H9FINO. The number of hydrogen-bond donors (Lipinski definition) is 0. The van der Waals surface area contributed by atoms with Crippen LogP contribution in [0, 0.1) is 3.57 Å². The van der Waals surface area contributed by atoms with Crippen molar-refractivity contribution in [2.24, 2.45) is 0 Å². The van der Waals surface area contributed by atoms with Gasteiger partial charge >= 0.3 is 0 Å². The summed E-state index contributed by atoms with van der Waals surface area (Å²) in [4.78, 5) is 11.3. The molecule has 0 aliphatic carbocycles. The molecule has 0 radical (unpaired) electrons. The highest BCUT2D eigenvalue weighted by molar-refractivity contribution is 14.1. The van der Waals surface area contributed by atoms with Crippen LogP contribution in [0.5, 0.6) is 0 Å². The van der Waals surface area contributed by atoms with Crippen molar-refractivity contribution in [1.29, 1.82) is 0 Å². The van der Waals surface area contributed by atoms with E-state index >= 15 is 0 Å². The first-order valence-corrected chi connectivity index (χ1v) is 4.74. The molecule has 1 aromatic rings. The van der Waals surface area contributed by atoms with Crippen LogP contribution in [0.2, 0.25) is 0 Å². The van der Waals surface area contributed by atoms with Gasteiger partial charge in [-0.2, -0.15) is 0 Å². The molecule has 0 saturated carbocycles. The summed E-state index contributed by atoms with van der Waals surface area (Å²) in [6.07, 6.45) is 2.08. The van der Waals surface area contributed by atoms with Crippen LogP contribution in [0.25, 0.3) is 0 Å². The van der Waals surface area contributed by atoms with E-state index in [9.17, 15) is 9.18 Å². The van der Waals surface area contributed by atoms with Crippen molar-refractivity contribution in [2.75, 3.05) is 6.67 Å². The molecule has 66 valence electrons. The SMILES string of the molecule is O=c1c(I)cccn1CCCF. The van der Waals surface area contributed by atoms with E-state index in [2.05, 4.69) is 0 Å². The lowest BCUT2D eigenvalue weighted by atomic mass is 10.4. The van der Waals surface area contributed by atoms with Crippen LogP contribution >= 0.6 is 22.6 Å². The molecule has 0 aromatic carbocycles. The van der Waals surface area contributed by atoms with Gasteiger partial charge in [0.05, 0.1) is 10.2 Å². The summed E-state index contributed by atoms with van der Waals surface area (Å²) in [5.41, 5.74) is -0.0356. The Kier molecular flexibility index (Phi) is 3.71. The lowest BCUT2D eigenvalue weighted by Crippen LogP contribution is -2.21. The van der Waals surface area contributed by atoms with Gasteiger partial charge in [-0.15, -0.1) is 0 Å². The fraction of sp³-hybridized carbons (Fsp3) is 0.375. The van der Waals surface area contributed by atoms with Crippen molar-refractivity contribution >= 4 is 22.6 Å². The largest absolute Gasteiger partial charge is 0.315 e. The van der Waals surface area contributed by atoms with Crippen molar-refractivity contribution in [3.8, 4) is 0 Å². The van der Waals surface area contributed by atoms with E-state index in [4.69, 9.17) is 0 Å². The van der Waals surface area contributed by atoms with E-state index in [1.807, 2.05) is 22.6 Å². The van der Waals surface area contributed by atoms with Crippen LogP contribution < -0.4 is 5.56 Å². The number of aryl methyl sites for hydroxylation is 1. The fourth-order valence-electron chi connectivity index (χ4n) is 0.914. The van der Waals surface area contributed by atoms with Crippen molar-refractivity contribution in [2.45, 2.75) is 13.0 Å². The number of rotatable bonds is 3. The first kappa shape index (κ1) is 9.70. The summed E-state index contributed by atoms with van der Waals surface area (Å²) in [5, 5.41) is 0. The quantitative estimate of drug-likeness (QED) is 0.774. The maximum Gasteiger partial charge on any atom is 0.263 e. The molecule has 0 amide bonds. The number of hydrogen-bond acceptors (Lipinski definition) is 1.